The normalized spacial score (nSPS) is 12.7. The fourth-order valence-corrected chi connectivity index (χ4v) is 6.60. The van der Waals surface area contributed by atoms with Crippen LogP contribution in [-0.2, 0) is 10.0 Å². The van der Waals surface area contributed by atoms with Crippen molar-refractivity contribution in [3.05, 3.63) is 42.5 Å². The largest absolute Gasteiger partial charge is 0.237 e. The molecule has 0 atom stereocenters. The molecule has 5 heteroatoms. The van der Waals surface area contributed by atoms with Crippen LogP contribution in [0.15, 0.2) is 41.8 Å². The van der Waals surface area contributed by atoms with Crippen LogP contribution in [0.2, 0.25) is 19.6 Å². The Balaban J connectivity index is 3.25. The second kappa shape index (κ2) is 5.38. The lowest BCUT2D eigenvalue weighted by atomic mass is 10.2. The van der Waals surface area contributed by atoms with Crippen molar-refractivity contribution >= 4 is 18.3 Å². The zero-order valence-corrected chi connectivity index (χ0v) is 13.3. The number of sulfonamides is 1. The van der Waals surface area contributed by atoms with Crippen molar-refractivity contribution in [3.63, 3.8) is 0 Å². The summed E-state index contributed by atoms with van der Waals surface area (Å²) in [6, 6.07) is 6.98. The topological polar surface area (TPSA) is 37.4 Å². The van der Waals surface area contributed by atoms with Crippen LogP contribution in [-0.4, -0.2) is 27.2 Å². The van der Waals surface area contributed by atoms with Gasteiger partial charge in [-0.3, -0.25) is 0 Å². The van der Waals surface area contributed by atoms with Crippen LogP contribution in [0.3, 0.4) is 0 Å². The van der Waals surface area contributed by atoms with E-state index in [1.54, 1.807) is 22.2 Å². The highest BCUT2D eigenvalue weighted by molar-refractivity contribution is 7.90. The van der Waals surface area contributed by atoms with Gasteiger partial charge in [-0.05, 0) is 19.1 Å². The molecule has 0 aliphatic heterocycles. The lowest BCUT2D eigenvalue weighted by Gasteiger charge is -2.32. The van der Waals surface area contributed by atoms with Crippen molar-refractivity contribution in [2.24, 2.45) is 0 Å². The summed E-state index contributed by atoms with van der Waals surface area (Å²) in [5.41, 5.74) is 1.05. The molecule has 1 rings (SSSR count). The monoisotopic (exact) mass is 283 g/mol. The fraction of sp³-hybridized carbons (Fsp3) is 0.385. The van der Waals surface area contributed by atoms with Gasteiger partial charge in [0.05, 0.1) is 4.90 Å². The van der Waals surface area contributed by atoms with E-state index in [1.165, 1.54) is 0 Å². The molecule has 0 radical (unpaired) electrons. The predicted molar refractivity (Wildman–Crippen MR) is 78.6 cm³/mol. The lowest BCUT2D eigenvalue weighted by molar-refractivity contribution is 0.541. The van der Waals surface area contributed by atoms with E-state index < -0.39 is 18.3 Å². The molecule has 1 aromatic carbocycles. The molecule has 0 saturated heterocycles. The summed E-state index contributed by atoms with van der Waals surface area (Å²) in [6.07, 6.45) is 1.64. The maximum absolute atomic E-state index is 12.6. The minimum absolute atomic E-state index is 0.359. The molecule has 1 aromatic rings. The Morgan fingerprint density at radius 3 is 2.11 bits per heavy atom. The summed E-state index contributed by atoms with van der Waals surface area (Å²) in [5.74, 6) is 0. The van der Waals surface area contributed by atoms with Crippen molar-refractivity contribution < 1.29 is 8.42 Å². The molecule has 0 fully saturated rings. The van der Waals surface area contributed by atoms with E-state index in [9.17, 15) is 8.42 Å². The quantitative estimate of drug-likeness (QED) is 0.615. The zero-order chi connectivity index (χ0) is 14.0. The average Bonchev–Trinajstić information content (AvgIpc) is 2.24. The van der Waals surface area contributed by atoms with Gasteiger partial charge in [-0.25, -0.2) is 12.4 Å². The number of hydrogen-bond donors (Lipinski definition) is 0. The van der Waals surface area contributed by atoms with Gasteiger partial charge in [0.2, 0.25) is 10.0 Å². The van der Waals surface area contributed by atoms with E-state index in [4.69, 9.17) is 0 Å². The van der Waals surface area contributed by atoms with Crippen molar-refractivity contribution in [1.82, 2.24) is 3.97 Å². The van der Waals surface area contributed by atoms with Gasteiger partial charge in [0.15, 0.2) is 0 Å². The molecule has 0 heterocycles. The number of nitrogens with zero attached hydrogens (tertiary/aromatic N) is 1. The van der Waals surface area contributed by atoms with E-state index in [0.717, 1.165) is 5.56 Å². The molecular formula is C13H21NO2SSi. The van der Waals surface area contributed by atoms with Gasteiger partial charge in [0.25, 0.3) is 0 Å². The molecule has 0 aliphatic carbocycles. The Morgan fingerprint density at radius 1 is 1.22 bits per heavy atom. The van der Waals surface area contributed by atoms with E-state index in [2.05, 4.69) is 6.58 Å². The van der Waals surface area contributed by atoms with Gasteiger partial charge >= 0.3 is 0 Å². The van der Waals surface area contributed by atoms with E-state index in [-0.39, 0.29) is 0 Å². The number of hydrogen-bond acceptors (Lipinski definition) is 2. The van der Waals surface area contributed by atoms with E-state index in [0.29, 0.717) is 11.4 Å². The molecule has 0 spiro atoms. The van der Waals surface area contributed by atoms with Crippen LogP contribution in [0.4, 0.5) is 0 Å². The Morgan fingerprint density at radius 2 is 1.72 bits per heavy atom. The summed E-state index contributed by atoms with van der Waals surface area (Å²) in [5, 5.41) is 0. The first-order valence-electron chi connectivity index (χ1n) is 5.90. The Bertz CT molecular complexity index is 515. The Kier molecular flexibility index (Phi) is 4.53. The molecule has 0 N–H and O–H groups in total. The first-order chi connectivity index (χ1) is 8.19. The third-order valence-corrected chi connectivity index (χ3v) is 8.29. The second-order valence-corrected chi connectivity index (χ2v) is 12.4. The van der Waals surface area contributed by atoms with Gasteiger partial charge < -0.3 is 0 Å². The van der Waals surface area contributed by atoms with Crippen LogP contribution >= 0.6 is 0 Å². The highest BCUT2D eigenvalue weighted by atomic mass is 32.2. The molecular weight excluding hydrogens is 262 g/mol. The van der Waals surface area contributed by atoms with Gasteiger partial charge in [-0.1, -0.05) is 43.4 Å². The summed E-state index contributed by atoms with van der Waals surface area (Å²) in [7, 11) is -5.38. The predicted octanol–water partition coefficient (Wildman–Crippen LogP) is 3.01. The lowest BCUT2D eigenvalue weighted by Crippen LogP contribution is -2.49. The van der Waals surface area contributed by atoms with E-state index in [1.807, 2.05) is 38.7 Å². The Labute approximate surface area is 111 Å². The number of aryl methyl sites for hydroxylation is 1. The highest BCUT2D eigenvalue weighted by Crippen LogP contribution is 2.22. The molecule has 0 aromatic heterocycles. The Hall–Kier alpha value is -0.913. The van der Waals surface area contributed by atoms with Crippen molar-refractivity contribution in [1.29, 1.82) is 0 Å². The summed E-state index contributed by atoms with van der Waals surface area (Å²) in [6.45, 7) is 12.0. The number of rotatable bonds is 5. The summed E-state index contributed by atoms with van der Waals surface area (Å²) < 4.78 is 26.8. The number of benzene rings is 1. The van der Waals surface area contributed by atoms with Crippen LogP contribution in [0.25, 0.3) is 0 Å². The van der Waals surface area contributed by atoms with Crippen LogP contribution < -0.4 is 0 Å². The zero-order valence-electron chi connectivity index (χ0n) is 11.5. The van der Waals surface area contributed by atoms with Crippen LogP contribution in [0.5, 0.6) is 0 Å². The van der Waals surface area contributed by atoms with Gasteiger partial charge in [-0.2, -0.15) is 0 Å². The van der Waals surface area contributed by atoms with E-state index >= 15 is 0 Å². The van der Waals surface area contributed by atoms with Crippen molar-refractivity contribution in [2.75, 3.05) is 6.54 Å². The fourth-order valence-electron chi connectivity index (χ4n) is 1.69. The van der Waals surface area contributed by atoms with Crippen molar-refractivity contribution in [2.45, 2.75) is 31.5 Å². The molecule has 3 nitrogen and oxygen atoms in total. The molecule has 18 heavy (non-hydrogen) atoms. The average molecular weight is 283 g/mol. The third-order valence-electron chi connectivity index (χ3n) is 2.65. The molecule has 0 bridgehead atoms. The molecule has 0 aliphatic rings. The smallest absolute Gasteiger partial charge is 0.217 e. The standard InChI is InChI=1S/C13H21NO2SSi/c1-6-11-14(18(3,4)5)17(15,16)13-9-7-12(2)8-10-13/h6-10H,1,11H2,2-5H3. The summed E-state index contributed by atoms with van der Waals surface area (Å²) >= 11 is 0. The minimum atomic E-state index is -3.41. The van der Waals surface area contributed by atoms with Gasteiger partial charge in [-0.15, -0.1) is 6.58 Å². The first-order valence-corrected chi connectivity index (χ1v) is 10.8. The minimum Gasteiger partial charge on any atom is -0.217 e. The summed E-state index contributed by atoms with van der Waals surface area (Å²) in [4.78, 5) is 0.359. The molecule has 0 unspecified atom stereocenters. The maximum atomic E-state index is 12.6. The third kappa shape index (κ3) is 3.31. The molecule has 100 valence electrons. The van der Waals surface area contributed by atoms with Crippen LogP contribution in [0.1, 0.15) is 5.56 Å². The maximum Gasteiger partial charge on any atom is 0.237 e. The second-order valence-electron chi connectivity index (χ2n) is 5.31. The van der Waals surface area contributed by atoms with Crippen molar-refractivity contribution in [3.8, 4) is 0 Å². The van der Waals surface area contributed by atoms with Gasteiger partial charge in [0, 0.05) is 6.54 Å². The molecule has 0 amide bonds. The van der Waals surface area contributed by atoms with Gasteiger partial charge in [0.1, 0.15) is 8.24 Å². The van der Waals surface area contributed by atoms with Crippen LogP contribution in [0, 0.1) is 6.92 Å². The first kappa shape index (κ1) is 15.1. The molecule has 0 saturated carbocycles. The SMILES string of the molecule is C=CCN([Si](C)(C)C)S(=O)(=O)c1ccc(C)cc1. The highest BCUT2D eigenvalue weighted by Gasteiger charge is 2.34.